The first-order valence-corrected chi connectivity index (χ1v) is 9.16. The minimum absolute atomic E-state index is 0.0663. The highest BCUT2D eigenvalue weighted by molar-refractivity contribution is 5.81. The van der Waals surface area contributed by atoms with Crippen LogP contribution in [-0.4, -0.2) is 56.0 Å². The monoisotopic (exact) mass is 345 g/mol. The Labute approximate surface area is 148 Å². The lowest BCUT2D eigenvalue weighted by Gasteiger charge is -2.33. The summed E-state index contributed by atoms with van der Waals surface area (Å²) in [5.41, 5.74) is 0. The van der Waals surface area contributed by atoms with Crippen molar-refractivity contribution in [1.82, 2.24) is 15.5 Å². The lowest BCUT2D eigenvalue weighted by molar-refractivity contribution is -0.136. The number of amides is 2. The van der Waals surface area contributed by atoms with Crippen LogP contribution in [0.2, 0.25) is 0 Å². The summed E-state index contributed by atoms with van der Waals surface area (Å²) in [4.78, 5) is 26.5. The summed E-state index contributed by atoms with van der Waals surface area (Å²) in [5.74, 6) is 1.40. The summed E-state index contributed by atoms with van der Waals surface area (Å²) in [6.07, 6.45) is 2.09. The van der Waals surface area contributed by atoms with Gasteiger partial charge in [-0.05, 0) is 25.0 Å². The van der Waals surface area contributed by atoms with E-state index in [0.717, 1.165) is 44.8 Å². The van der Waals surface area contributed by atoms with Crippen molar-refractivity contribution in [2.75, 3.05) is 39.3 Å². The molecule has 2 N–H and O–H groups in total. The number of benzene rings is 1. The highest BCUT2D eigenvalue weighted by Gasteiger charge is 2.29. The number of carbonyl (C=O) groups excluding carboxylic acids is 2. The van der Waals surface area contributed by atoms with Gasteiger partial charge in [-0.3, -0.25) is 9.59 Å². The lowest BCUT2D eigenvalue weighted by atomic mass is 9.96. The van der Waals surface area contributed by atoms with Crippen LogP contribution in [0, 0.1) is 11.8 Å². The van der Waals surface area contributed by atoms with Crippen LogP contribution in [0.4, 0.5) is 0 Å². The molecule has 1 aromatic carbocycles. The fraction of sp³-hybridized carbons (Fsp3) is 0.579. The van der Waals surface area contributed by atoms with Crippen LogP contribution in [-0.2, 0) is 9.59 Å². The van der Waals surface area contributed by atoms with Gasteiger partial charge in [0.25, 0.3) is 0 Å². The first-order chi connectivity index (χ1) is 12.2. The van der Waals surface area contributed by atoms with Crippen LogP contribution < -0.4 is 15.4 Å². The molecule has 2 heterocycles. The molecule has 0 aromatic heterocycles. The predicted molar refractivity (Wildman–Crippen MR) is 95.2 cm³/mol. The maximum atomic E-state index is 12.4. The van der Waals surface area contributed by atoms with Crippen LogP contribution in [0.15, 0.2) is 30.3 Å². The highest BCUT2D eigenvalue weighted by atomic mass is 16.5. The fourth-order valence-electron chi connectivity index (χ4n) is 3.23. The molecule has 0 bridgehead atoms. The van der Waals surface area contributed by atoms with Crippen molar-refractivity contribution >= 4 is 11.8 Å². The van der Waals surface area contributed by atoms with Crippen molar-refractivity contribution in [2.24, 2.45) is 11.8 Å². The number of ether oxygens (including phenoxy) is 1. The minimum atomic E-state index is -0.0826. The van der Waals surface area contributed by atoms with E-state index >= 15 is 0 Å². The molecule has 0 spiro atoms. The second-order valence-electron chi connectivity index (χ2n) is 6.86. The highest BCUT2D eigenvalue weighted by Crippen LogP contribution is 2.18. The van der Waals surface area contributed by atoms with E-state index in [1.54, 1.807) is 0 Å². The Morgan fingerprint density at radius 3 is 2.76 bits per heavy atom. The molecule has 2 amide bonds. The molecule has 136 valence electrons. The van der Waals surface area contributed by atoms with E-state index in [4.69, 9.17) is 4.74 Å². The molecule has 3 rings (SSSR count). The standard InChI is InChI=1S/C19H27N3O3/c23-18(8-10-25-17-6-2-1-3-7-17)22-9-4-5-16(14-22)19(24)21-13-15-11-20-12-15/h1-3,6-7,15-16,20H,4-5,8-14H2,(H,21,24). The van der Waals surface area contributed by atoms with Gasteiger partial charge >= 0.3 is 0 Å². The third-order valence-corrected chi connectivity index (χ3v) is 4.90. The Morgan fingerprint density at radius 1 is 1.24 bits per heavy atom. The Balaban J connectivity index is 1.39. The molecule has 1 aromatic rings. The minimum Gasteiger partial charge on any atom is -0.493 e. The van der Waals surface area contributed by atoms with Crippen LogP contribution >= 0.6 is 0 Å². The zero-order valence-corrected chi connectivity index (χ0v) is 14.6. The third-order valence-electron chi connectivity index (χ3n) is 4.90. The van der Waals surface area contributed by atoms with Gasteiger partial charge in [-0.25, -0.2) is 0 Å². The molecule has 6 nitrogen and oxygen atoms in total. The molecule has 0 aliphatic carbocycles. The lowest BCUT2D eigenvalue weighted by Crippen LogP contribution is -2.51. The van der Waals surface area contributed by atoms with E-state index in [1.807, 2.05) is 35.2 Å². The molecule has 2 aliphatic rings. The average Bonchev–Trinajstić information content (AvgIpc) is 2.61. The van der Waals surface area contributed by atoms with Gasteiger partial charge in [0, 0.05) is 38.6 Å². The normalized spacial score (nSPS) is 20.6. The topological polar surface area (TPSA) is 70.7 Å². The largest absolute Gasteiger partial charge is 0.493 e. The smallest absolute Gasteiger partial charge is 0.226 e. The van der Waals surface area contributed by atoms with E-state index < -0.39 is 0 Å². The van der Waals surface area contributed by atoms with E-state index in [9.17, 15) is 9.59 Å². The van der Waals surface area contributed by atoms with Gasteiger partial charge in [-0.1, -0.05) is 18.2 Å². The fourth-order valence-corrected chi connectivity index (χ4v) is 3.23. The molecule has 25 heavy (non-hydrogen) atoms. The number of likely N-dealkylation sites (tertiary alicyclic amines) is 1. The number of rotatable bonds is 7. The summed E-state index contributed by atoms with van der Waals surface area (Å²) >= 11 is 0. The average molecular weight is 345 g/mol. The zero-order valence-electron chi connectivity index (χ0n) is 14.6. The number of para-hydroxylation sites is 1. The summed E-state index contributed by atoms with van der Waals surface area (Å²) in [7, 11) is 0. The number of piperidine rings is 1. The zero-order chi connectivity index (χ0) is 17.5. The van der Waals surface area contributed by atoms with Gasteiger partial charge in [-0.2, -0.15) is 0 Å². The van der Waals surface area contributed by atoms with Crippen LogP contribution in [0.1, 0.15) is 19.3 Å². The van der Waals surface area contributed by atoms with Gasteiger partial charge in [0.2, 0.25) is 11.8 Å². The number of hydrogen-bond acceptors (Lipinski definition) is 4. The van der Waals surface area contributed by atoms with E-state index in [-0.39, 0.29) is 17.7 Å². The number of nitrogens with one attached hydrogen (secondary N) is 2. The van der Waals surface area contributed by atoms with Crippen molar-refractivity contribution < 1.29 is 14.3 Å². The molecule has 0 radical (unpaired) electrons. The number of carbonyl (C=O) groups is 2. The molecule has 1 atom stereocenters. The Morgan fingerprint density at radius 2 is 2.04 bits per heavy atom. The maximum absolute atomic E-state index is 12.4. The van der Waals surface area contributed by atoms with Crippen molar-refractivity contribution in [1.29, 1.82) is 0 Å². The second-order valence-corrected chi connectivity index (χ2v) is 6.86. The molecule has 0 saturated carbocycles. The molecule has 2 fully saturated rings. The predicted octanol–water partition coefficient (Wildman–Crippen LogP) is 1.03. The SMILES string of the molecule is O=C(NCC1CNC1)C1CCCN(C(=O)CCOc2ccccc2)C1. The van der Waals surface area contributed by atoms with Gasteiger partial charge in [0.1, 0.15) is 5.75 Å². The molecule has 2 saturated heterocycles. The van der Waals surface area contributed by atoms with Crippen molar-refractivity contribution in [3.63, 3.8) is 0 Å². The third kappa shape index (κ3) is 5.19. The van der Waals surface area contributed by atoms with Crippen LogP contribution in [0.5, 0.6) is 5.75 Å². The number of hydrogen-bond donors (Lipinski definition) is 2. The van der Waals surface area contributed by atoms with Crippen LogP contribution in [0.3, 0.4) is 0 Å². The van der Waals surface area contributed by atoms with E-state index in [2.05, 4.69) is 10.6 Å². The van der Waals surface area contributed by atoms with E-state index in [1.165, 1.54) is 0 Å². The molecular weight excluding hydrogens is 318 g/mol. The maximum Gasteiger partial charge on any atom is 0.226 e. The first-order valence-electron chi connectivity index (χ1n) is 9.16. The van der Waals surface area contributed by atoms with Gasteiger partial charge in [-0.15, -0.1) is 0 Å². The van der Waals surface area contributed by atoms with Crippen molar-refractivity contribution in [3.8, 4) is 5.75 Å². The van der Waals surface area contributed by atoms with Crippen molar-refractivity contribution in [2.45, 2.75) is 19.3 Å². The van der Waals surface area contributed by atoms with E-state index in [0.29, 0.717) is 25.5 Å². The van der Waals surface area contributed by atoms with Gasteiger partial charge in [0.05, 0.1) is 18.9 Å². The summed E-state index contributed by atoms with van der Waals surface area (Å²) in [6, 6.07) is 9.50. The van der Waals surface area contributed by atoms with Gasteiger partial charge < -0.3 is 20.3 Å². The number of nitrogens with zero attached hydrogens (tertiary/aromatic N) is 1. The second kappa shape index (κ2) is 8.85. The van der Waals surface area contributed by atoms with Crippen LogP contribution in [0.25, 0.3) is 0 Å². The molecule has 1 unspecified atom stereocenters. The Kier molecular flexibility index (Phi) is 6.28. The summed E-state index contributed by atoms with van der Waals surface area (Å²) in [5, 5.41) is 6.24. The first kappa shape index (κ1) is 17.7. The summed E-state index contributed by atoms with van der Waals surface area (Å²) in [6.45, 7) is 4.33. The quantitative estimate of drug-likeness (QED) is 0.774. The Bertz CT molecular complexity index is 575. The molecule has 2 aliphatic heterocycles. The van der Waals surface area contributed by atoms with Crippen molar-refractivity contribution in [3.05, 3.63) is 30.3 Å². The Hall–Kier alpha value is -2.08. The van der Waals surface area contributed by atoms with Gasteiger partial charge in [0.15, 0.2) is 0 Å². The molecular formula is C19H27N3O3. The molecule has 6 heteroatoms. The summed E-state index contributed by atoms with van der Waals surface area (Å²) < 4.78 is 5.59.